The fourth-order valence-electron chi connectivity index (χ4n) is 3.26. The summed E-state index contributed by atoms with van der Waals surface area (Å²) in [5, 5.41) is 0. The summed E-state index contributed by atoms with van der Waals surface area (Å²) in [7, 11) is 0. The van der Waals surface area contributed by atoms with Gasteiger partial charge < -0.3 is 4.57 Å². The molecule has 118 valence electrons. The number of nitrogens with zero attached hydrogens (tertiary/aromatic N) is 4. The van der Waals surface area contributed by atoms with Crippen molar-refractivity contribution in [3.8, 4) is 11.1 Å². The van der Waals surface area contributed by atoms with E-state index >= 15 is 0 Å². The zero-order chi connectivity index (χ0) is 16.3. The van der Waals surface area contributed by atoms with Crippen LogP contribution < -0.4 is 5.56 Å². The molecule has 0 aliphatic heterocycles. The SMILES string of the molecule is O=c1c2nccn2c2cc(F)c(-c3ccncc3)cc2n1C1CC1. The molecule has 4 aromatic rings. The first-order valence-electron chi connectivity index (χ1n) is 7.85. The third kappa shape index (κ3) is 1.83. The number of benzene rings is 1. The molecule has 3 heterocycles. The van der Waals surface area contributed by atoms with Crippen LogP contribution >= 0.6 is 0 Å². The second-order valence-corrected chi connectivity index (χ2v) is 6.08. The summed E-state index contributed by atoms with van der Waals surface area (Å²) in [5.41, 5.74) is 2.82. The van der Waals surface area contributed by atoms with Gasteiger partial charge in [-0.3, -0.25) is 14.2 Å². The number of fused-ring (bicyclic) bond motifs is 3. The quantitative estimate of drug-likeness (QED) is 0.570. The molecule has 1 aliphatic rings. The molecule has 1 aromatic carbocycles. The Balaban J connectivity index is 1.94. The van der Waals surface area contributed by atoms with Crippen LogP contribution in [0, 0.1) is 5.82 Å². The van der Waals surface area contributed by atoms with Crippen LogP contribution in [-0.2, 0) is 0 Å². The Bertz CT molecular complexity index is 1140. The predicted octanol–water partition coefficient (Wildman–Crippen LogP) is 3.19. The molecule has 5 rings (SSSR count). The molecule has 0 saturated heterocycles. The summed E-state index contributed by atoms with van der Waals surface area (Å²) in [6.45, 7) is 0. The zero-order valence-corrected chi connectivity index (χ0v) is 12.7. The molecule has 1 saturated carbocycles. The van der Waals surface area contributed by atoms with Gasteiger partial charge in [0.25, 0.3) is 5.56 Å². The van der Waals surface area contributed by atoms with Gasteiger partial charge in [0.15, 0.2) is 0 Å². The van der Waals surface area contributed by atoms with Gasteiger partial charge in [-0.15, -0.1) is 0 Å². The van der Waals surface area contributed by atoms with E-state index in [0.29, 0.717) is 16.7 Å². The minimum Gasteiger partial charge on any atom is -0.301 e. The molecule has 0 bridgehead atoms. The lowest BCUT2D eigenvalue weighted by molar-refractivity contribution is 0.631. The summed E-state index contributed by atoms with van der Waals surface area (Å²) in [5.74, 6) is -0.329. The van der Waals surface area contributed by atoms with E-state index in [-0.39, 0.29) is 17.4 Å². The number of pyridine rings is 1. The Kier molecular flexibility index (Phi) is 2.65. The Morgan fingerprint density at radius 3 is 2.62 bits per heavy atom. The van der Waals surface area contributed by atoms with Crippen molar-refractivity contribution in [2.45, 2.75) is 18.9 Å². The normalized spacial score (nSPS) is 14.5. The van der Waals surface area contributed by atoms with Crippen molar-refractivity contribution < 1.29 is 4.39 Å². The third-order valence-corrected chi connectivity index (χ3v) is 4.54. The molecular weight excluding hydrogens is 307 g/mol. The smallest absolute Gasteiger partial charge is 0.294 e. The Hall–Kier alpha value is -3.02. The van der Waals surface area contributed by atoms with Crippen LogP contribution in [0.5, 0.6) is 0 Å². The summed E-state index contributed by atoms with van der Waals surface area (Å²) >= 11 is 0. The Morgan fingerprint density at radius 2 is 1.88 bits per heavy atom. The first-order valence-corrected chi connectivity index (χ1v) is 7.85. The van der Waals surface area contributed by atoms with E-state index in [1.54, 1.807) is 52.0 Å². The van der Waals surface area contributed by atoms with Crippen molar-refractivity contribution in [1.29, 1.82) is 0 Å². The fourth-order valence-corrected chi connectivity index (χ4v) is 3.26. The summed E-state index contributed by atoms with van der Waals surface area (Å²) in [6.07, 6.45) is 8.46. The van der Waals surface area contributed by atoms with Crippen molar-refractivity contribution in [3.63, 3.8) is 0 Å². The van der Waals surface area contributed by atoms with Gasteiger partial charge in [0.2, 0.25) is 5.65 Å². The van der Waals surface area contributed by atoms with Crippen LogP contribution in [0.25, 0.3) is 27.8 Å². The van der Waals surface area contributed by atoms with E-state index in [9.17, 15) is 9.18 Å². The van der Waals surface area contributed by atoms with Gasteiger partial charge in [-0.1, -0.05) is 0 Å². The van der Waals surface area contributed by atoms with Gasteiger partial charge in [-0.2, -0.15) is 0 Å². The van der Waals surface area contributed by atoms with E-state index in [1.165, 1.54) is 6.07 Å². The lowest BCUT2D eigenvalue weighted by Gasteiger charge is -2.13. The number of hydrogen-bond donors (Lipinski definition) is 0. The molecule has 1 aliphatic carbocycles. The number of aromatic nitrogens is 4. The topological polar surface area (TPSA) is 52.2 Å². The number of rotatable bonds is 2. The van der Waals surface area contributed by atoms with Crippen LogP contribution in [0.3, 0.4) is 0 Å². The largest absolute Gasteiger partial charge is 0.301 e. The summed E-state index contributed by atoms with van der Waals surface area (Å²) < 4.78 is 18.2. The van der Waals surface area contributed by atoms with Gasteiger partial charge in [0.1, 0.15) is 5.82 Å². The monoisotopic (exact) mass is 320 g/mol. The minimum atomic E-state index is -0.329. The second kappa shape index (κ2) is 4.74. The van der Waals surface area contributed by atoms with Crippen LogP contribution in [0.1, 0.15) is 18.9 Å². The number of imidazole rings is 1. The van der Waals surface area contributed by atoms with Crippen molar-refractivity contribution in [3.05, 3.63) is 65.2 Å². The molecule has 1 fully saturated rings. The van der Waals surface area contributed by atoms with E-state index in [0.717, 1.165) is 23.9 Å². The van der Waals surface area contributed by atoms with Crippen molar-refractivity contribution in [2.75, 3.05) is 0 Å². The van der Waals surface area contributed by atoms with Crippen LogP contribution in [0.4, 0.5) is 4.39 Å². The number of halogens is 1. The van der Waals surface area contributed by atoms with Crippen molar-refractivity contribution in [2.24, 2.45) is 0 Å². The lowest BCUT2D eigenvalue weighted by atomic mass is 10.1. The number of hydrogen-bond acceptors (Lipinski definition) is 3. The molecule has 6 heteroatoms. The molecule has 0 N–H and O–H groups in total. The molecule has 0 radical (unpaired) electrons. The van der Waals surface area contributed by atoms with E-state index in [2.05, 4.69) is 9.97 Å². The second-order valence-electron chi connectivity index (χ2n) is 6.08. The molecule has 3 aromatic heterocycles. The Labute approximate surface area is 136 Å². The predicted molar refractivity (Wildman–Crippen MR) is 88.4 cm³/mol. The highest BCUT2D eigenvalue weighted by Crippen LogP contribution is 2.37. The maximum absolute atomic E-state index is 14.7. The van der Waals surface area contributed by atoms with E-state index in [1.807, 2.05) is 0 Å². The van der Waals surface area contributed by atoms with Crippen molar-refractivity contribution >= 4 is 16.7 Å². The first kappa shape index (κ1) is 13.4. The first-order chi connectivity index (χ1) is 11.7. The highest BCUT2D eigenvalue weighted by molar-refractivity contribution is 5.84. The van der Waals surface area contributed by atoms with Gasteiger partial charge in [0.05, 0.1) is 11.0 Å². The fraction of sp³-hybridized carbons (Fsp3) is 0.167. The maximum atomic E-state index is 14.7. The third-order valence-electron chi connectivity index (χ3n) is 4.54. The molecule has 0 amide bonds. The average molecular weight is 320 g/mol. The molecule has 24 heavy (non-hydrogen) atoms. The molecule has 0 atom stereocenters. The maximum Gasteiger partial charge on any atom is 0.294 e. The minimum absolute atomic E-state index is 0.123. The standard InChI is InChI=1S/C18H13FN4O/c19-14-10-15-16(9-13(14)11-3-5-20-6-4-11)23(12-1-2-12)18(24)17-21-7-8-22(15)17/h3-10,12H,1-2H2. The van der Waals surface area contributed by atoms with Crippen molar-refractivity contribution in [1.82, 2.24) is 18.9 Å². The van der Waals surface area contributed by atoms with Crippen LogP contribution in [0.2, 0.25) is 0 Å². The highest BCUT2D eigenvalue weighted by Gasteiger charge is 2.28. The van der Waals surface area contributed by atoms with Gasteiger partial charge >= 0.3 is 0 Å². The lowest BCUT2D eigenvalue weighted by Crippen LogP contribution is -2.22. The van der Waals surface area contributed by atoms with Crippen LogP contribution in [-0.4, -0.2) is 18.9 Å². The highest BCUT2D eigenvalue weighted by atomic mass is 19.1. The Morgan fingerprint density at radius 1 is 1.08 bits per heavy atom. The summed E-state index contributed by atoms with van der Waals surface area (Å²) in [4.78, 5) is 20.9. The van der Waals surface area contributed by atoms with Gasteiger partial charge in [-0.25, -0.2) is 9.37 Å². The average Bonchev–Trinajstić information content (AvgIpc) is 3.30. The van der Waals surface area contributed by atoms with E-state index in [4.69, 9.17) is 0 Å². The van der Waals surface area contributed by atoms with Gasteiger partial charge in [0, 0.05) is 42.5 Å². The molecule has 0 unspecified atom stereocenters. The molecule has 5 nitrogen and oxygen atoms in total. The molecular formula is C18H13FN4O. The summed E-state index contributed by atoms with van der Waals surface area (Å²) in [6, 6.07) is 6.95. The van der Waals surface area contributed by atoms with Crippen LogP contribution in [0.15, 0.2) is 53.8 Å². The zero-order valence-electron chi connectivity index (χ0n) is 12.7. The molecule has 0 spiro atoms. The van der Waals surface area contributed by atoms with E-state index < -0.39 is 0 Å². The van der Waals surface area contributed by atoms with Gasteiger partial charge in [-0.05, 0) is 36.6 Å².